The number of nitrogens with zero attached hydrogens (tertiary/aromatic N) is 1. The van der Waals surface area contributed by atoms with Gasteiger partial charge in [-0.05, 0) is 11.3 Å². The summed E-state index contributed by atoms with van der Waals surface area (Å²) in [6.07, 6.45) is 0. The van der Waals surface area contributed by atoms with Crippen molar-refractivity contribution in [2.75, 3.05) is 7.11 Å². The summed E-state index contributed by atoms with van der Waals surface area (Å²) in [5.74, 6) is -0.735. The van der Waals surface area contributed by atoms with Crippen molar-refractivity contribution in [1.82, 2.24) is 0 Å². The second-order valence-corrected chi connectivity index (χ2v) is 3.10. The van der Waals surface area contributed by atoms with E-state index in [-0.39, 0.29) is 15.6 Å². The number of nitrogens with two attached hydrogens (primary N) is 1. The van der Waals surface area contributed by atoms with Crippen LogP contribution in [0.25, 0.3) is 0 Å². The van der Waals surface area contributed by atoms with Gasteiger partial charge in [0.05, 0.1) is 17.6 Å². The first-order chi connectivity index (χ1) is 6.06. The van der Waals surface area contributed by atoms with Gasteiger partial charge in [0.25, 0.3) is 5.91 Å². The molecule has 1 aromatic rings. The second kappa shape index (κ2) is 3.40. The molecule has 2 N–H and O–H groups in total. The highest BCUT2D eigenvalue weighted by atomic mass is 32.1. The predicted octanol–water partition coefficient (Wildman–Crippen LogP) is 0.764. The molecule has 0 fully saturated rings. The zero-order valence-electron chi connectivity index (χ0n) is 6.64. The van der Waals surface area contributed by atoms with Crippen LogP contribution in [0.3, 0.4) is 0 Å². The lowest BCUT2D eigenvalue weighted by molar-refractivity contribution is -0.380. The summed E-state index contributed by atoms with van der Waals surface area (Å²) in [7, 11) is 1.32. The van der Waals surface area contributed by atoms with Crippen molar-refractivity contribution in [1.29, 1.82) is 0 Å². The molecule has 0 saturated carbocycles. The highest BCUT2D eigenvalue weighted by Gasteiger charge is 2.20. The van der Waals surface area contributed by atoms with Crippen molar-refractivity contribution in [2.45, 2.75) is 0 Å². The van der Waals surface area contributed by atoms with E-state index in [0.717, 1.165) is 17.4 Å². The van der Waals surface area contributed by atoms with Crippen LogP contribution in [0.5, 0.6) is 5.06 Å². The SMILES string of the molecule is COc1sc([N+](=O)[O-])cc1C(N)=O. The molecular weight excluding hydrogens is 196 g/mol. The maximum absolute atomic E-state index is 10.7. The van der Waals surface area contributed by atoms with E-state index in [1.165, 1.54) is 7.11 Å². The Labute approximate surface area is 77.1 Å². The van der Waals surface area contributed by atoms with Gasteiger partial charge < -0.3 is 10.5 Å². The second-order valence-electron chi connectivity index (χ2n) is 2.11. The molecule has 1 amide bonds. The first kappa shape index (κ1) is 9.46. The molecule has 0 aliphatic rings. The Morgan fingerprint density at radius 1 is 1.77 bits per heavy atom. The molecule has 0 aliphatic heterocycles. The summed E-state index contributed by atoms with van der Waals surface area (Å²) in [4.78, 5) is 20.5. The van der Waals surface area contributed by atoms with Crippen molar-refractivity contribution >= 4 is 22.2 Å². The zero-order chi connectivity index (χ0) is 10.0. The van der Waals surface area contributed by atoms with Crippen molar-refractivity contribution in [2.24, 2.45) is 5.73 Å². The molecule has 0 saturated heterocycles. The van der Waals surface area contributed by atoms with Crippen molar-refractivity contribution in [3.8, 4) is 5.06 Å². The maximum atomic E-state index is 10.7. The van der Waals surface area contributed by atoms with Crippen LogP contribution in [0.15, 0.2) is 6.07 Å². The fraction of sp³-hybridized carbons (Fsp3) is 0.167. The zero-order valence-corrected chi connectivity index (χ0v) is 7.46. The van der Waals surface area contributed by atoms with Crippen molar-refractivity contribution < 1.29 is 14.5 Å². The summed E-state index contributed by atoms with van der Waals surface area (Å²) < 4.78 is 4.75. The third-order valence-electron chi connectivity index (χ3n) is 1.32. The van der Waals surface area contributed by atoms with Gasteiger partial charge in [-0.2, -0.15) is 0 Å². The molecule has 1 aromatic heterocycles. The van der Waals surface area contributed by atoms with Gasteiger partial charge in [-0.15, -0.1) is 0 Å². The third-order valence-corrected chi connectivity index (χ3v) is 2.36. The molecule has 1 heterocycles. The van der Waals surface area contributed by atoms with Crippen molar-refractivity contribution in [3.05, 3.63) is 21.7 Å². The molecule has 13 heavy (non-hydrogen) atoms. The van der Waals surface area contributed by atoms with Gasteiger partial charge in [0.2, 0.25) is 0 Å². The number of thiophene rings is 1. The predicted molar refractivity (Wildman–Crippen MR) is 46.0 cm³/mol. The molecule has 0 unspecified atom stereocenters. The highest BCUT2D eigenvalue weighted by Crippen LogP contribution is 2.34. The third kappa shape index (κ3) is 1.75. The first-order valence-corrected chi connectivity index (χ1v) is 4.00. The average Bonchev–Trinajstić information content (AvgIpc) is 2.47. The quantitative estimate of drug-likeness (QED) is 0.578. The number of primary amides is 1. The van der Waals surface area contributed by atoms with Gasteiger partial charge in [-0.25, -0.2) is 0 Å². The van der Waals surface area contributed by atoms with E-state index in [9.17, 15) is 14.9 Å². The minimum atomic E-state index is -0.735. The number of rotatable bonds is 3. The molecule has 0 spiro atoms. The molecule has 0 aromatic carbocycles. The van der Waals surface area contributed by atoms with E-state index in [1.807, 2.05) is 0 Å². The number of carbonyl (C=O) groups excluding carboxylic acids is 1. The maximum Gasteiger partial charge on any atom is 0.328 e. The monoisotopic (exact) mass is 202 g/mol. The van der Waals surface area contributed by atoms with Crippen LogP contribution >= 0.6 is 11.3 Å². The minimum Gasteiger partial charge on any atom is -0.486 e. The fourth-order valence-electron chi connectivity index (χ4n) is 0.775. The van der Waals surface area contributed by atoms with E-state index in [1.54, 1.807) is 0 Å². The molecular formula is C6H6N2O4S. The lowest BCUT2D eigenvalue weighted by Crippen LogP contribution is -2.10. The Hall–Kier alpha value is -1.63. The van der Waals surface area contributed by atoms with Crippen LogP contribution in [0.4, 0.5) is 5.00 Å². The summed E-state index contributed by atoms with van der Waals surface area (Å²) in [6.45, 7) is 0. The fourth-order valence-corrected chi connectivity index (χ4v) is 1.57. The van der Waals surface area contributed by atoms with Crippen LogP contribution in [-0.2, 0) is 0 Å². The Morgan fingerprint density at radius 2 is 2.38 bits per heavy atom. The summed E-state index contributed by atoms with van der Waals surface area (Å²) in [6, 6.07) is 1.10. The van der Waals surface area contributed by atoms with Crippen LogP contribution in [0.1, 0.15) is 10.4 Å². The topological polar surface area (TPSA) is 95.5 Å². The molecule has 1 rings (SSSR count). The molecule has 70 valence electrons. The minimum absolute atomic E-state index is 0.0409. The smallest absolute Gasteiger partial charge is 0.328 e. The van der Waals surface area contributed by atoms with Crippen molar-refractivity contribution in [3.63, 3.8) is 0 Å². The molecule has 7 heteroatoms. The molecule has 0 aliphatic carbocycles. The lowest BCUT2D eigenvalue weighted by atomic mass is 10.3. The summed E-state index contributed by atoms with van der Waals surface area (Å²) in [5, 5.41) is 10.3. The average molecular weight is 202 g/mol. The first-order valence-electron chi connectivity index (χ1n) is 3.18. The summed E-state index contributed by atoms with van der Waals surface area (Å²) in [5.41, 5.74) is 5.01. The van der Waals surface area contributed by atoms with Gasteiger partial charge in [0.1, 0.15) is 0 Å². The van der Waals surface area contributed by atoms with Crippen LogP contribution in [0, 0.1) is 10.1 Å². The highest BCUT2D eigenvalue weighted by molar-refractivity contribution is 7.17. The van der Waals surface area contributed by atoms with Gasteiger partial charge in [0.15, 0.2) is 5.06 Å². The normalized spacial score (nSPS) is 9.62. The van der Waals surface area contributed by atoms with E-state index in [4.69, 9.17) is 10.5 Å². The number of methoxy groups -OCH3 is 1. The van der Waals surface area contributed by atoms with E-state index in [2.05, 4.69) is 0 Å². The number of ether oxygens (including phenoxy) is 1. The Kier molecular flexibility index (Phi) is 2.47. The molecule has 0 radical (unpaired) electrons. The Bertz CT molecular complexity index is 360. The number of carbonyl (C=O) groups is 1. The number of amides is 1. The van der Waals surface area contributed by atoms with Crippen LogP contribution in [0.2, 0.25) is 0 Å². The number of hydrogen-bond acceptors (Lipinski definition) is 5. The standard InChI is InChI=1S/C6H6N2O4S/c1-12-6-3(5(7)9)2-4(13-6)8(10)11/h2H,1H3,(H2,7,9). The molecule has 6 nitrogen and oxygen atoms in total. The lowest BCUT2D eigenvalue weighted by Gasteiger charge is -1.94. The van der Waals surface area contributed by atoms with Gasteiger partial charge in [0, 0.05) is 6.07 Å². The summed E-state index contributed by atoms with van der Waals surface area (Å²) >= 11 is 0.774. The molecule has 0 bridgehead atoms. The number of nitro groups is 1. The van der Waals surface area contributed by atoms with Gasteiger partial charge >= 0.3 is 5.00 Å². The molecule has 0 atom stereocenters. The van der Waals surface area contributed by atoms with Gasteiger partial charge in [-0.1, -0.05) is 0 Å². The van der Waals surface area contributed by atoms with E-state index in [0.29, 0.717) is 0 Å². The number of hydrogen-bond donors (Lipinski definition) is 1. The largest absolute Gasteiger partial charge is 0.486 e. The van der Waals surface area contributed by atoms with Crippen LogP contribution < -0.4 is 10.5 Å². The van der Waals surface area contributed by atoms with E-state index < -0.39 is 10.8 Å². The Balaban J connectivity index is 3.19. The van der Waals surface area contributed by atoms with E-state index >= 15 is 0 Å². The van der Waals surface area contributed by atoms with Crippen LogP contribution in [-0.4, -0.2) is 17.9 Å². The Morgan fingerprint density at radius 3 is 2.69 bits per heavy atom. The van der Waals surface area contributed by atoms with Gasteiger partial charge in [-0.3, -0.25) is 14.9 Å².